The first-order chi connectivity index (χ1) is 6.85. The van der Waals surface area contributed by atoms with Gasteiger partial charge in [-0.05, 0) is 12.3 Å². The second-order valence-corrected chi connectivity index (χ2v) is 4.38. The van der Waals surface area contributed by atoms with Crippen molar-refractivity contribution in [1.29, 1.82) is 0 Å². The molecule has 0 saturated heterocycles. The van der Waals surface area contributed by atoms with Gasteiger partial charge in [-0.3, -0.25) is 0 Å². The third-order valence-electron chi connectivity index (χ3n) is 2.93. The molecule has 0 bridgehead atoms. The summed E-state index contributed by atoms with van der Waals surface area (Å²) in [7, 11) is 0. The fourth-order valence-electron chi connectivity index (χ4n) is 1.98. The van der Waals surface area contributed by atoms with Crippen LogP contribution in [0.1, 0.15) is 71.6 Å². The van der Waals surface area contributed by atoms with Crippen molar-refractivity contribution in [2.75, 3.05) is 0 Å². The van der Waals surface area contributed by atoms with Crippen LogP contribution in [0.5, 0.6) is 0 Å². The smallest absolute Gasteiger partial charge is 0.0325 e. The van der Waals surface area contributed by atoms with Gasteiger partial charge in [0.2, 0.25) is 0 Å². The van der Waals surface area contributed by atoms with E-state index in [1.807, 2.05) is 0 Å². The molecule has 0 heteroatoms. The Morgan fingerprint density at radius 1 is 0.929 bits per heavy atom. The Bertz CT molecular complexity index is 105. The first-order valence-electron chi connectivity index (χ1n) is 6.46. The molecule has 14 heavy (non-hydrogen) atoms. The molecule has 84 valence electrons. The Morgan fingerprint density at radius 3 is 1.79 bits per heavy atom. The minimum absolute atomic E-state index is 0.922. The van der Waals surface area contributed by atoms with Gasteiger partial charge in [-0.1, -0.05) is 71.3 Å². The van der Waals surface area contributed by atoms with Gasteiger partial charge in [0.15, 0.2) is 0 Å². The zero-order chi connectivity index (χ0) is 10.6. The van der Waals surface area contributed by atoms with Crippen molar-refractivity contribution in [3.63, 3.8) is 0 Å². The molecule has 0 aromatic heterocycles. The maximum absolute atomic E-state index is 3.86. The van der Waals surface area contributed by atoms with Gasteiger partial charge in [-0.25, -0.2) is 0 Å². The fraction of sp³-hybridized carbons (Fsp3) is 0.857. The summed E-state index contributed by atoms with van der Waals surface area (Å²) in [5, 5.41) is 0. The Hall–Kier alpha value is -0.260. The van der Waals surface area contributed by atoms with E-state index in [-0.39, 0.29) is 0 Å². The van der Waals surface area contributed by atoms with E-state index in [0.29, 0.717) is 0 Å². The summed E-state index contributed by atoms with van der Waals surface area (Å²) in [4.78, 5) is 0. The molecule has 0 nitrogen and oxygen atoms in total. The maximum Gasteiger partial charge on any atom is -0.0325 e. The van der Waals surface area contributed by atoms with E-state index < -0.39 is 0 Å². The summed E-state index contributed by atoms with van der Waals surface area (Å²) in [5.41, 5.74) is 0. The molecule has 0 unspecified atom stereocenters. The second-order valence-electron chi connectivity index (χ2n) is 4.38. The third-order valence-corrected chi connectivity index (χ3v) is 2.93. The molecular weight excluding hydrogens is 168 g/mol. The van der Waals surface area contributed by atoms with E-state index in [1.165, 1.54) is 57.8 Å². The van der Waals surface area contributed by atoms with E-state index in [0.717, 1.165) is 5.92 Å². The second kappa shape index (κ2) is 10.8. The van der Waals surface area contributed by atoms with Crippen molar-refractivity contribution in [1.82, 2.24) is 0 Å². The minimum atomic E-state index is 0.922. The maximum atomic E-state index is 3.86. The van der Waals surface area contributed by atoms with Gasteiger partial charge in [-0.2, -0.15) is 0 Å². The van der Waals surface area contributed by atoms with Gasteiger partial charge >= 0.3 is 0 Å². The summed E-state index contributed by atoms with van der Waals surface area (Å²) < 4.78 is 0. The van der Waals surface area contributed by atoms with Gasteiger partial charge in [0.25, 0.3) is 0 Å². The molecule has 0 amide bonds. The highest BCUT2D eigenvalue weighted by atomic mass is 14.1. The van der Waals surface area contributed by atoms with Crippen molar-refractivity contribution in [3.05, 3.63) is 12.7 Å². The molecule has 0 heterocycles. The number of unbranched alkanes of at least 4 members (excludes halogenated alkanes) is 4. The van der Waals surface area contributed by atoms with Crippen LogP contribution in [0, 0.1) is 5.92 Å². The predicted molar refractivity (Wildman–Crippen MR) is 66.6 cm³/mol. The van der Waals surface area contributed by atoms with E-state index in [9.17, 15) is 0 Å². The zero-order valence-corrected chi connectivity index (χ0v) is 10.2. The molecule has 0 aromatic rings. The van der Waals surface area contributed by atoms with Crippen LogP contribution in [0.4, 0.5) is 0 Å². The van der Waals surface area contributed by atoms with Crippen LogP contribution >= 0.6 is 0 Å². The van der Waals surface area contributed by atoms with Crippen molar-refractivity contribution in [2.24, 2.45) is 5.92 Å². The molecule has 0 radical (unpaired) electrons. The van der Waals surface area contributed by atoms with E-state index in [2.05, 4.69) is 26.5 Å². The normalized spacial score (nSPS) is 10.8. The molecule has 0 atom stereocenters. The van der Waals surface area contributed by atoms with E-state index in [4.69, 9.17) is 0 Å². The molecule has 0 aliphatic carbocycles. The highest BCUT2D eigenvalue weighted by molar-refractivity contribution is 4.73. The lowest BCUT2D eigenvalue weighted by atomic mass is 9.92. The van der Waals surface area contributed by atoms with E-state index >= 15 is 0 Å². The Balaban J connectivity index is 3.49. The van der Waals surface area contributed by atoms with Crippen molar-refractivity contribution in [3.8, 4) is 0 Å². The highest BCUT2D eigenvalue weighted by Gasteiger charge is 2.05. The molecule has 0 fully saturated rings. The topological polar surface area (TPSA) is 0 Å². The molecule has 0 rings (SSSR count). The molecule has 0 aliphatic heterocycles. The minimum Gasteiger partial charge on any atom is -0.103 e. The Morgan fingerprint density at radius 2 is 1.43 bits per heavy atom. The van der Waals surface area contributed by atoms with E-state index in [1.54, 1.807) is 0 Å². The van der Waals surface area contributed by atoms with Crippen molar-refractivity contribution < 1.29 is 0 Å². The summed E-state index contributed by atoms with van der Waals surface area (Å²) >= 11 is 0. The average molecular weight is 196 g/mol. The van der Waals surface area contributed by atoms with Gasteiger partial charge in [0.05, 0.1) is 0 Å². The predicted octanol–water partition coefficient (Wildman–Crippen LogP) is 5.34. The summed E-state index contributed by atoms with van der Waals surface area (Å²) in [6, 6.07) is 0. The highest BCUT2D eigenvalue weighted by Crippen LogP contribution is 2.20. The van der Waals surface area contributed by atoms with Crippen LogP contribution in [0.25, 0.3) is 0 Å². The van der Waals surface area contributed by atoms with Crippen LogP contribution in [-0.2, 0) is 0 Å². The van der Waals surface area contributed by atoms with Crippen molar-refractivity contribution in [2.45, 2.75) is 71.6 Å². The SMILES string of the molecule is C=CCC(CCCCC)CCCCC. The molecule has 0 aromatic carbocycles. The Labute approximate surface area is 90.8 Å². The zero-order valence-electron chi connectivity index (χ0n) is 10.2. The first-order valence-corrected chi connectivity index (χ1v) is 6.46. The third kappa shape index (κ3) is 8.34. The first kappa shape index (κ1) is 13.7. The molecule has 0 saturated carbocycles. The summed E-state index contributed by atoms with van der Waals surface area (Å²) in [5.74, 6) is 0.922. The fourth-order valence-corrected chi connectivity index (χ4v) is 1.98. The van der Waals surface area contributed by atoms with Gasteiger partial charge < -0.3 is 0 Å². The van der Waals surface area contributed by atoms with Gasteiger partial charge in [0, 0.05) is 0 Å². The van der Waals surface area contributed by atoms with Crippen LogP contribution in [0.15, 0.2) is 12.7 Å². The number of hydrogen-bond acceptors (Lipinski definition) is 0. The van der Waals surface area contributed by atoms with Crippen molar-refractivity contribution >= 4 is 0 Å². The Kier molecular flexibility index (Phi) is 10.6. The van der Waals surface area contributed by atoms with Crippen LogP contribution < -0.4 is 0 Å². The summed E-state index contributed by atoms with van der Waals surface area (Å²) in [6.45, 7) is 8.41. The van der Waals surface area contributed by atoms with Gasteiger partial charge in [0.1, 0.15) is 0 Å². The molecule has 0 spiro atoms. The number of rotatable bonds is 10. The van der Waals surface area contributed by atoms with Crippen LogP contribution in [-0.4, -0.2) is 0 Å². The van der Waals surface area contributed by atoms with Crippen LogP contribution in [0.2, 0.25) is 0 Å². The lowest BCUT2D eigenvalue weighted by molar-refractivity contribution is 0.414. The quantitative estimate of drug-likeness (QED) is 0.327. The largest absolute Gasteiger partial charge is 0.103 e. The average Bonchev–Trinajstić information content (AvgIpc) is 2.18. The van der Waals surface area contributed by atoms with Crippen LogP contribution in [0.3, 0.4) is 0 Å². The number of hydrogen-bond donors (Lipinski definition) is 0. The lowest BCUT2D eigenvalue weighted by Crippen LogP contribution is -1.99. The number of allylic oxidation sites excluding steroid dienone is 1. The van der Waals surface area contributed by atoms with Gasteiger partial charge in [-0.15, -0.1) is 6.58 Å². The molecule has 0 N–H and O–H groups in total. The summed E-state index contributed by atoms with van der Waals surface area (Å²) in [6.07, 6.45) is 14.5. The lowest BCUT2D eigenvalue weighted by Gasteiger charge is -2.14. The standard InChI is InChI=1S/C14H28/c1-4-7-9-12-14(11-6-3)13-10-8-5-2/h6,14H,3-5,7-13H2,1-2H3. The monoisotopic (exact) mass is 196 g/mol. The molecular formula is C14H28. The molecule has 0 aliphatic rings.